The van der Waals surface area contributed by atoms with Gasteiger partial charge in [0.2, 0.25) is 11.9 Å². The molecular formula is C16H29N5O2. The number of nitriles is 1. The number of ketones is 1. The smallest absolute Gasteiger partial charge is 0.222 e. The van der Waals surface area contributed by atoms with E-state index in [4.69, 9.17) is 11.0 Å². The predicted octanol–water partition coefficient (Wildman–Crippen LogP) is 1.79. The van der Waals surface area contributed by atoms with Crippen LogP contribution in [0.5, 0.6) is 0 Å². The number of rotatable bonds is 9. The summed E-state index contributed by atoms with van der Waals surface area (Å²) < 4.78 is 0. The average Bonchev–Trinajstić information content (AvgIpc) is 2.44. The van der Waals surface area contributed by atoms with E-state index in [1.54, 1.807) is 6.19 Å². The summed E-state index contributed by atoms with van der Waals surface area (Å²) >= 11 is 0. The highest BCUT2D eigenvalue weighted by Crippen LogP contribution is 2.17. The molecular weight excluding hydrogens is 294 g/mol. The summed E-state index contributed by atoms with van der Waals surface area (Å²) in [6, 6.07) is 0. The number of carbonyl (C=O) groups is 2. The van der Waals surface area contributed by atoms with Gasteiger partial charge in [-0.3, -0.25) is 14.9 Å². The third-order valence-electron chi connectivity index (χ3n) is 3.30. The van der Waals surface area contributed by atoms with Crippen LogP contribution >= 0.6 is 0 Å². The van der Waals surface area contributed by atoms with Gasteiger partial charge in [0.25, 0.3) is 0 Å². The summed E-state index contributed by atoms with van der Waals surface area (Å²) in [6.07, 6.45) is 5.14. The van der Waals surface area contributed by atoms with Gasteiger partial charge < -0.3 is 11.1 Å². The minimum absolute atomic E-state index is 0.0277. The normalized spacial score (nSPS) is 13.1. The summed E-state index contributed by atoms with van der Waals surface area (Å²) in [6.45, 7) is 7.58. The molecule has 0 heterocycles. The van der Waals surface area contributed by atoms with Gasteiger partial charge in [0.15, 0.2) is 6.19 Å². The van der Waals surface area contributed by atoms with Gasteiger partial charge in [-0.05, 0) is 12.8 Å². The standard InChI is InChI=1S/C16H29N5O2/c1-5-6-7-8-13(21-15(18)19-11-17)20-14(23)10-9-12(22)16(2,3)4/h13H,5-10H2,1-4H3,(H,20,23)(H3,18,19,21). The Morgan fingerprint density at radius 1 is 1.26 bits per heavy atom. The Balaban J connectivity index is 4.56. The van der Waals surface area contributed by atoms with Crippen LogP contribution in [0.1, 0.15) is 66.2 Å². The number of nitrogens with one attached hydrogen (secondary N) is 2. The molecule has 4 N–H and O–H groups in total. The molecule has 0 spiro atoms. The summed E-state index contributed by atoms with van der Waals surface area (Å²) in [5, 5.41) is 13.5. The molecule has 23 heavy (non-hydrogen) atoms. The maximum absolute atomic E-state index is 12.0. The van der Waals surface area contributed by atoms with Crippen LogP contribution in [0.3, 0.4) is 0 Å². The Kier molecular flexibility index (Phi) is 9.63. The zero-order chi connectivity index (χ0) is 17.9. The molecule has 130 valence electrons. The van der Waals surface area contributed by atoms with E-state index in [2.05, 4.69) is 22.5 Å². The van der Waals surface area contributed by atoms with Crippen LogP contribution in [0.15, 0.2) is 4.99 Å². The molecule has 0 radical (unpaired) electrons. The third kappa shape index (κ3) is 10.3. The number of guanidine groups is 1. The Bertz CT molecular complexity index is 460. The minimum Gasteiger partial charge on any atom is -0.369 e. The molecule has 0 saturated carbocycles. The average molecular weight is 323 g/mol. The molecule has 0 aromatic heterocycles. The molecule has 7 heteroatoms. The number of hydrogen-bond acceptors (Lipinski definition) is 4. The number of carbonyl (C=O) groups excluding carboxylic acids is 2. The molecule has 0 aromatic rings. The quantitative estimate of drug-likeness (QED) is 0.196. The SMILES string of the molecule is CCCCCC(N=C(N)NC#N)NC(=O)CCC(=O)C(C)(C)C. The van der Waals surface area contributed by atoms with Crippen LogP contribution in [0.2, 0.25) is 0 Å². The van der Waals surface area contributed by atoms with E-state index in [0.717, 1.165) is 19.3 Å². The summed E-state index contributed by atoms with van der Waals surface area (Å²) in [7, 11) is 0. The highest BCUT2D eigenvalue weighted by molar-refractivity contribution is 5.88. The molecule has 7 nitrogen and oxygen atoms in total. The van der Waals surface area contributed by atoms with E-state index in [1.807, 2.05) is 20.8 Å². The largest absolute Gasteiger partial charge is 0.369 e. The zero-order valence-electron chi connectivity index (χ0n) is 14.6. The topological polar surface area (TPSA) is 120 Å². The Labute approximate surface area is 138 Å². The Hall–Kier alpha value is -2.10. The number of Topliss-reactive ketones (excluding diaryl/α,β-unsaturated/α-hetero) is 1. The van der Waals surface area contributed by atoms with Crippen LogP contribution in [0.4, 0.5) is 0 Å². The van der Waals surface area contributed by atoms with Gasteiger partial charge in [-0.25, -0.2) is 4.99 Å². The van der Waals surface area contributed by atoms with Crippen LogP contribution in [0.25, 0.3) is 0 Å². The maximum atomic E-state index is 12.0. The first kappa shape index (κ1) is 20.9. The van der Waals surface area contributed by atoms with Gasteiger partial charge in [0, 0.05) is 18.3 Å². The fraction of sp³-hybridized carbons (Fsp3) is 0.750. The lowest BCUT2D eigenvalue weighted by Gasteiger charge is -2.18. The molecule has 1 atom stereocenters. The van der Waals surface area contributed by atoms with Gasteiger partial charge in [-0.1, -0.05) is 40.5 Å². The monoisotopic (exact) mass is 323 g/mol. The fourth-order valence-electron chi connectivity index (χ4n) is 1.87. The fourth-order valence-corrected chi connectivity index (χ4v) is 1.87. The molecule has 0 aliphatic carbocycles. The second-order valence-corrected chi connectivity index (χ2v) is 6.50. The van der Waals surface area contributed by atoms with Crippen molar-refractivity contribution < 1.29 is 9.59 Å². The molecule has 0 aliphatic heterocycles. The van der Waals surface area contributed by atoms with Crippen molar-refractivity contribution in [1.82, 2.24) is 10.6 Å². The number of hydrogen-bond donors (Lipinski definition) is 3. The van der Waals surface area contributed by atoms with E-state index in [0.29, 0.717) is 6.42 Å². The molecule has 0 fully saturated rings. The van der Waals surface area contributed by atoms with Gasteiger partial charge in [-0.15, -0.1) is 0 Å². The molecule has 0 saturated heterocycles. The highest BCUT2D eigenvalue weighted by Gasteiger charge is 2.22. The summed E-state index contributed by atoms with van der Waals surface area (Å²) in [5.74, 6) is -0.220. The van der Waals surface area contributed by atoms with E-state index >= 15 is 0 Å². The van der Waals surface area contributed by atoms with Crippen molar-refractivity contribution in [1.29, 1.82) is 5.26 Å². The molecule has 0 aromatic carbocycles. The summed E-state index contributed by atoms with van der Waals surface area (Å²) in [5.41, 5.74) is 5.11. The highest BCUT2D eigenvalue weighted by atomic mass is 16.2. The van der Waals surface area contributed by atoms with Crippen LogP contribution in [0, 0.1) is 16.9 Å². The van der Waals surface area contributed by atoms with Crippen molar-refractivity contribution in [2.75, 3.05) is 0 Å². The maximum Gasteiger partial charge on any atom is 0.222 e. The Morgan fingerprint density at radius 2 is 1.91 bits per heavy atom. The summed E-state index contributed by atoms with van der Waals surface area (Å²) in [4.78, 5) is 28.0. The van der Waals surface area contributed by atoms with Crippen LogP contribution in [-0.4, -0.2) is 23.8 Å². The van der Waals surface area contributed by atoms with Crippen molar-refractivity contribution in [3.05, 3.63) is 0 Å². The van der Waals surface area contributed by atoms with Crippen molar-refractivity contribution in [3.63, 3.8) is 0 Å². The lowest BCUT2D eigenvalue weighted by Crippen LogP contribution is -2.38. The number of nitrogens with two attached hydrogens (primary N) is 1. The van der Waals surface area contributed by atoms with E-state index < -0.39 is 11.6 Å². The molecule has 0 bridgehead atoms. The first-order chi connectivity index (χ1) is 10.7. The number of amides is 1. The molecule has 1 unspecified atom stereocenters. The lowest BCUT2D eigenvalue weighted by atomic mass is 9.88. The van der Waals surface area contributed by atoms with Crippen molar-refractivity contribution >= 4 is 17.6 Å². The van der Waals surface area contributed by atoms with Crippen LogP contribution in [-0.2, 0) is 9.59 Å². The third-order valence-corrected chi connectivity index (χ3v) is 3.30. The number of nitrogens with zero attached hydrogens (tertiary/aromatic N) is 2. The van der Waals surface area contributed by atoms with Crippen molar-refractivity contribution in [2.45, 2.75) is 72.4 Å². The molecule has 1 amide bonds. The van der Waals surface area contributed by atoms with Crippen molar-refractivity contribution in [3.8, 4) is 6.19 Å². The van der Waals surface area contributed by atoms with E-state index in [1.165, 1.54) is 0 Å². The van der Waals surface area contributed by atoms with Gasteiger partial charge in [0.1, 0.15) is 11.9 Å². The zero-order valence-corrected chi connectivity index (χ0v) is 14.6. The first-order valence-electron chi connectivity index (χ1n) is 8.01. The van der Waals surface area contributed by atoms with Gasteiger partial charge in [0.05, 0.1) is 0 Å². The first-order valence-corrected chi connectivity index (χ1v) is 8.01. The van der Waals surface area contributed by atoms with E-state index in [-0.39, 0.29) is 30.5 Å². The van der Waals surface area contributed by atoms with Crippen molar-refractivity contribution in [2.24, 2.45) is 16.1 Å². The molecule has 0 rings (SSSR count). The van der Waals surface area contributed by atoms with Gasteiger partial charge in [-0.2, -0.15) is 5.26 Å². The second-order valence-electron chi connectivity index (χ2n) is 6.50. The molecule has 0 aliphatic rings. The van der Waals surface area contributed by atoms with Gasteiger partial charge >= 0.3 is 0 Å². The number of unbranched alkanes of at least 4 members (excludes halogenated alkanes) is 2. The number of aliphatic imine (C=N–C) groups is 1. The Morgan fingerprint density at radius 3 is 2.43 bits per heavy atom. The van der Waals surface area contributed by atoms with Crippen LogP contribution < -0.4 is 16.4 Å². The second kappa shape index (κ2) is 10.6. The minimum atomic E-state index is -0.486. The lowest BCUT2D eigenvalue weighted by molar-refractivity contribution is -0.129. The predicted molar refractivity (Wildman–Crippen MR) is 90.1 cm³/mol. The van der Waals surface area contributed by atoms with E-state index in [9.17, 15) is 9.59 Å².